The van der Waals surface area contributed by atoms with Crippen molar-refractivity contribution in [3.05, 3.63) is 59.7 Å². The standard InChI is InChI=1S/C18H19NO3/c1-12(14-8-4-6-10-16(14)21-2)19-18(20)17-11-13-7-3-5-9-15(13)22-17/h3-10,12,17H,11H2,1-2H3,(H,19,20)/t12-,17+/m0/s1. The lowest BCUT2D eigenvalue weighted by atomic mass is 10.1. The van der Waals surface area contributed by atoms with E-state index < -0.39 is 6.10 Å². The van der Waals surface area contributed by atoms with Crippen molar-refractivity contribution < 1.29 is 14.3 Å². The van der Waals surface area contributed by atoms with Crippen LogP contribution < -0.4 is 14.8 Å². The monoisotopic (exact) mass is 297 g/mol. The fraction of sp³-hybridized carbons (Fsp3) is 0.278. The molecule has 0 unspecified atom stereocenters. The van der Waals surface area contributed by atoms with Crippen LogP contribution in [0.15, 0.2) is 48.5 Å². The predicted molar refractivity (Wildman–Crippen MR) is 84.1 cm³/mol. The average molecular weight is 297 g/mol. The van der Waals surface area contributed by atoms with Gasteiger partial charge in [-0.15, -0.1) is 0 Å². The summed E-state index contributed by atoms with van der Waals surface area (Å²) in [5, 5.41) is 3.00. The van der Waals surface area contributed by atoms with Crippen LogP contribution in [-0.2, 0) is 11.2 Å². The molecule has 0 aliphatic carbocycles. The summed E-state index contributed by atoms with van der Waals surface area (Å²) < 4.78 is 11.1. The van der Waals surface area contributed by atoms with E-state index in [9.17, 15) is 4.79 Å². The fourth-order valence-electron chi connectivity index (χ4n) is 2.74. The highest BCUT2D eigenvalue weighted by molar-refractivity contribution is 5.83. The summed E-state index contributed by atoms with van der Waals surface area (Å²) in [6.45, 7) is 1.94. The Morgan fingerprint density at radius 3 is 2.73 bits per heavy atom. The van der Waals surface area contributed by atoms with E-state index in [1.54, 1.807) is 7.11 Å². The number of amides is 1. The molecule has 4 nitrogen and oxygen atoms in total. The van der Waals surface area contributed by atoms with Crippen molar-refractivity contribution in [2.45, 2.75) is 25.5 Å². The van der Waals surface area contributed by atoms with Crippen molar-refractivity contribution in [3.8, 4) is 11.5 Å². The number of carbonyl (C=O) groups is 1. The Hall–Kier alpha value is -2.49. The topological polar surface area (TPSA) is 47.6 Å². The van der Waals surface area contributed by atoms with E-state index in [2.05, 4.69) is 5.32 Å². The SMILES string of the molecule is COc1ccccc1[C@H](C)NC(=O)[C@H]1Cc2ccccc2O1. The minimum Gasteiger partial charge on any atom is -0.496 e. The number of benzene rings is 2. The van der Waals surface area contributed by atoms with Gasteiger partial charge in [0, 0.05) is 12.0 Å². The van der Waals surface area contributed by atoms with Gasteiger partial charge < -0.3 is 14.8 Å². The van der Waals surface area contributed by atoms with Gasteiger partial charge >= 0.3 is 0 Å². The van der Waals surface area contributed by atoms with E-state index in [0.717, 1.165) is 22.6 Å². The number of carbonyl (C=O) groups excluding carboxylic acids is 1. The highest BCUT2D eigenvalue weighted by atomic mass is 16.5. The average Bonchev–Trinajstić information content (AvgIpc) is 2.99. The smallest absolute Gasteiger partial charge is 0.261 e. The van der Waals surface area contributed by atoms with Gasteiger partial charge in [0.05, 0.1) is 13.2 Å². The molecule has 22 heavy (non-hydrogen) atoms. The van der Waals surface area contributed by atoms with E-state index in [-0.39, 0.29) is 11.9 Å². The first-order chi connectivity index (χ1) is 10.7. The molecule has 0 bridgehead atoms. The van der Waals surface area contributed by atoms with Gasteiger partial charge in [0.2, 0.25) is 0 Å². The lowest BCUT2D eigenvalue weighted by Crippen LogP contribution is -2.38. The third kappa shape index (κ3) is 2.77. The van der Waals surface area contributed by atoms with Crippen molar-refractivity contribution in [1.82, 2.24) is 5.32 Å². The zero-order valence-corrected chi connectivity index (χ0v) is 12.7. The fourth-order valence-corrected chi connectivity index (χ4v) is 2.74. The third-order valence-electron chi connectivity index (χ3n) is 3.90. The maximum Gasteiger partial charge on any atom is 0.261 e. The number of fused-ring (bicyclic) bond motifs is 1. The zero-order chi connectivity index (χ0) is 15.5. The van der Waals surface area contributed by atoms with Crippen LogP contribution in [0.3, 0.4) is 0 Å². The highest BCUT2D eigenvalue weighted by Crippen LogP contribution is 2.29. The number of methoxy groups -OCH3 is 1. The molecule has 2 atom stereocenters. The molecular formula is C18H19NO3. The molecule has 2 aromatic carbocycles. The van der Waals surface area contributed by atoms with Crippen LogP contribution in [-0.4, -0.2) is 19.1 Å². The lowest BCUT2D eigenvalue weighted by molar-refractivity contribution is -0.127. The molecule has 0 saturated carbocycles. The molecule has 1 amide bonds. The van der Waals surface area contributed by atoms with Gasteiger partial charge in [-0.05, 0) is 24.6 Å². The molecule has 1 aliphatic rings. The summed E-state index contributed by atoms with van der Waals surface area (Å²) in [5.41, 5.74) is 2.03. The summed E-state index contributed by atoms with van der Waals surface area (Å²) in [7, 11) is 1.63. The van der Waals surface area contributed by atoms with Gasteiger partial charge in [-0.1, -0.05) is 36.4 Å². The first kappa shape index (κ1) is 14.4. The summed E-state index contributed by atoms with van der Waals surface area (Å²) in [4.78, 5) is 12.4. The molecule has 114 valence electrons. The van der Waals surface area contributed by atoms with E-state index in [1.807, 2.05) is 55.5 Å². The van der Waals surface area contributed by atoms with Crippen LogP contribution in [0.1, 0.15) is 24.1 Å². The lowest BCUT2D eigenvalue weighted by Gasteiger charge is -2.19. The molecule has 4 heteroatoms. The van der Waals surface area contributed by atoms with E-state index in [0.29, 0.717) is 6.42 Å². The van der Waals surface area contributed by atoms with Crippen LogP contribution in [0, 0.1) is 0 Å². The number of ether oxygens (including phenoxy) is 2. The molecule has 1 aliphatic heterocycles. The van der Waals surface area contributed by atoms with E-state index in [1.165, 1.54) is 0 Å². The summed E-state index contributed by atoms with van der Waals surface area (Å²) in [6.07, 6.45) is 0.148. The van der Waals surface area contributed by atoms with Crippen molar-refractivity contribution in [1.29, 1.82) is 0 Å². The quantitative estimate of drug-likeness (QED) is 0.944. The minimum atomic E-state index is -0.463. The molecule has 0 aromatic heterocycles. The van der Waals surface area contributed by atoms with Gasteiger partial charge in [-0.25, -0.2) is 0 Å². The Morgan fingerprint density at radius 1 is 1.23 bits per heavy atom. The molecule has 3 rings (SSSR count). The predicted octanol–water partition coefficient (Wildman–Crippen LogP) is 2.88. The molecule has 1 heterocycles. The highest BCUT2D eigenvalue weighted by Gasteiger charge is 2.29. The minimum absolute atomic E-state index is 0.102. The van der Waals surface area contributed by atoms with E-state index >= 15 is 0 Å². The Balaban J connectivity index is 1.68. The Kier molecular flexibility index (Phi) is 4.00. The second-order valence-electron chi connectivity index (χ2n) is 5.39. The van der Waals surface area contributed by atoms with Crippen LogP contribution in [0.4, 0.5) is 0 Å². The number of nitrogens with one attached hydrogen (secondary N) is 1. The second-order valence-corrected chi connectivity index (χ2v) is 5.39. The number of para-hydroxylation sites is 2. The largest absolute Gasteiger partial charge is 0.496 e. The normalized spacial score (nSPS) is 17.3. The summed E-state index contributed by atoms with van der Waals surface area (Å²) in [6, 6.07) is 15.3. The molecule has 0 saturated heterocycles. The third-order valence-corrected chi connectivity index (χ3v) is 3.90. The Labute approximate surface area is 130 Å². The Bertz CT molecular complexity index is 659. The first-order valence-corrected chi connectivity index (χ1v) is 7.37. The van der Waals surface area contributed by atoms with E-state index in [4.69, 9.17) is 9.47 Å². The molecule has 0 spiro atoms. The van der Waals surface area contributed by atoms with Crippen molar-refractivity contribution >= 4 is 5.91 Å². The van der Waals surface area contributed by atoms with Gasteiger partial charge in [0.1, 0.15) is 11.5 Å². The van der Waals surface area contributed by atoms with Crippen molar-refractivity contribution in [2.75, 3.05) is 7.11 Å². The maximum atomic E-state index is 12.4. The Morgan fingerprint density at radius 2 is 1.95 bits per heavy atom. The van der Waals surface area contributed by atoms with Gasteiger partial charge in [0.15, 0.2) is 6.10 Å². The molecule has 1 N–H and O–H groups in total. The summed E-state index contributed by atoms with van der Waals surface area (Å²) in [5.74, 6) is 1.47. The number of hydrogen-bond acceptors (Lipinski definition) is 3. The van der Waals surface area contributed by atoms with Crippen LogP contribution in [0.5, 0.6) is 11.5 Å². The van der Waals surface area contributed by atoms with Crippen molar-refractivity contribution in [3.63, 3.8) is 0 Å². The van der Waals surface area contributed by atoms with Gasteiger partial charge in [-0.3, -0.25) is 4.79 Å². The molecule has 2 aromatic rings. The van der Waals surface area contributed by atoms with Crippen LogP contribution >= 0.6 is 0 Å². The van der Waals surface area contributed by atoms with Crippen LogP contribution in [0.2, 0.25) is 0 Å². The number of rotatable bonds is 4. The molecular weight excluding hydrogens is 278 g/mol. The van der Waals surface area contributed by atoms with Crippen molar-refractivity contribution in [2.24, 2.45) is 0 Å². The van der Waals surface area contributed by atoms with Crippen LogP contribution in [0.25, 0.3) is 0 Å². The molecule has 0 fully saturated rings. The summed E-state index contributed by atoms with van der Waals surface area (Å²) >= 11 is 0. The second kappa shape index (κ2) is 6.10. The van der Waals surface area contributed by atoms with Gasteiger partial charge in [-0.2, -0.15) is 0 Å². The number of hydrogen-bond donors (Lipinski definition) is 1. The zero-order valence-electron chi connectivity index (χ0n) is 12.7. The maximum absolute atomic E-state index is 12.4. The molecule has 0 radical (unpaired) electrons. The first-order valence-electron chi connectivity index (χ1n) is 7.37. The van der Waals surface area contributed by atoms with Gasteiger partial charge in [0.25, 0.3) is 5.91 Å².